The number of unbranched alkanes of at least 4 members (excludes halogenated alkanes) is 1. The minimum atomic E-state index is 0.727. The van der Waals surface area contributed by atoms with Gasteiger partial charge in [0.15, 0.2) is 0 Å². The van der Waals surface area contributed by atoms with Crippen LogP contribution in [0.25, 0.3) is 0 Å². The predicted molar refractivity (Wildman–Crippen MR) is 73.7 cm³/mol. The third-order valence-corrected chi connectivity index (χ3v) is 3.37. The molecule has 0 amide bonds. The van der Waals surface area contributed by atoms with Crippen molar-refractivity contribution in [2.75, 3.05) is 13.1 Å². The Bertz CT molecular complexity index is 345. The van der Waals surface area contributed by atoms with Crippen molar-refractivity contribution in [3.63, 3.8) is 0 Å². The lowest BCUT2D eigenvalue weighted by atomic mass is 10.2. The highest BCUT2D eigenvalue weighted by atomic mass is 35.5. The second kappa shape index (κ2) is 7.02. The van der Waals surface area contributed by atoms with Crippen LogP contribution in [0.5, 0.6) is 0 Å². The van der Waals surface area contributed by atoms with Gasteiger partial charge in [0, 0.05) is 6.54 Å². The molecule has 0 unspecified atom stereocenters. The van der Waals surface area contributed by atoms with Gasteiger partial charge in [0.05, 0.1) is 16.4 Å². The lowest BCUT2D eigenvalue weighted by Gasteiger charge is -2.07. The Labute approximate surface area is 110 Å². The summed E-state index contributed by atoms with van der Waals surface area (Å²) in [5, 5.41) is 8.67. The van der Waals surface area contributed by atoms with Crippen molar-refractivity contribution in [2.24, 2.45) is 5.92 Å². The third kappa shape index (κ3) is 4.68. The van der Waals surface area contributed by atoms with E-state index < -0.39 is 0 Å². The minimum Gasteiger partial charge on any atom is -0.316 e. The molecule has 0 aliphatic heterocycles. The molecule has 0 aliphatic carbocycles. The van der Waals surface area contributed by atoms with Crippen molar-refractivity contribution in [3.05, 3.63) is 16.4 Å². The summed E-state index contributed by atoms with van der Waals surface area (Å²) in [6.07, 6.45) is 2.33. The number of rotatable bonds is 7. The third-order valence-electron chi connectivity index (χ3n) is 2.82. The first-order chi connectivity index (χ1) is 8.02. The number of halogens is 1. The van der Waals surface area contributed by atoms with E-state index in [0.29, 0.717) is 0 Å². The fourth-order valence-electron chi connectivity index (χ4n) is 1.80. The molecule has 3 nitrogen and oxygen atoms in total. The Morgan fingerprint density at radius 2 is 2.00 bits per heavy atom. The van der Waals surface area contributed by atoms with Gasteiger partial charge in [-0.3, -0.25) is 4.68 Å². The average Bonchev–Trinajstić information content (AvgIpc) is 2.51. The largest absolute Gasteiger partial charge is 0.316 e. The van der Waals surface area contributed by atoms with E-state index in [1.807, 2.05) is 18.5 Å². The highest BCUT2D eigenvalue weighted by Gasteiger charge is 2.07. The predicted octanol–water partition coefficient (Wildman–Crippen LogP) is 3.18. The summed E-state index contributed by atoms with van der Waals surface area (Å²) < 4.78 is 2.01. The van der Waals surface area contributed by atoms with Crippen LogP contribution in [0.1, 0.15) is 38.1 Å². The van der Waals surface area contributed by atoms with E-state index in [0.717, 1.165) is 48.4 Å². The maximum absolute atomic E-state index is 6.10. The van der Waals surface area contributed by atoms with Gasteiger partial charge in [-0.1, -0.05) is 25.4 Å². The number of aryl methyl sites for hydroxylation is 2. The van der Waals surface area contributed by atoms with Crippen LogP contribution in [0.3, 0.4) is 0 Å². The van der Waals surface area contributed by atoms with Crippen molar-refractivity contribution < 1.29 is 0 Å². The maximum Gasteiger partial charge on any atom is 0.0844 e. The summed E-state index contributed by atoms with van der Waals surface area (Å²) in [4.78, 5) is 0. The van der Waals surface area contributed by atoms with E-state index in [-0.39, 0.29) is 0 Å². The van der Waals surface area contributed by atoms with Crippen molar-refractivity contribution in [1.82, 2.24) is 15.1 Å². The molecule has 0 fully saturated rings. The van der Waals surface area contributed by atoms with Gasteiger partial charge in [-0.2, -0.15) is 5.10 Å². The van der Waals surface area contributed by atoms with E-state index in [9.17, 15) is 0 Å². The van der Waals surface area contributed by atoms with Crippen molar-refractivity contribution in [1.29, 1.82) is 0 Å². The highest BCUT2D eigenvalue weighted by Crippen LogP contribution is 2.19. The van der Waals surface area contributed by atoms with Crippen LogP contribution < -0.4 is 5.32 Å². The lowest BCUT2D eigenvalue weighted by molar-refractivity contribution is 0.501. The number of nitrogens with one attached hydrogen (secondary N) is 1. The highest BCUT2D eigenvalue weighted by molar-refractivity contribution is 6.31. The molecule has 0 saturated heterocycles. The SMILES string of the molecule is Cc1nn(CCCCNCC(C)C)c(C)c1Cl. The van der Waals surface area contributed by atoms with Crippen molar-refractivity contribution in [2.45, 2.75) is 47.1 Å². The summed E-state index contributed by atoms with van der Waals surface area (Å²) in [5.74, 6) is 0.727. The molecule has 98 valence electrons. The molecule has 0 radical (unpaired) electrons. The molecule has 1 aromatic heterocycles. The average molecular weight is 258 g/mol. The molecule has 17 heavy (non-hydrogen) atoms. The van der Waals surface area contributed by atoms with Crippen LogP contribution in [0.4, 0.5) is 0 Å². The minimum absolute atomic E-state index is 0.727. The topological polar surface area (TPSA) is 29.9 Å². The van der Waals surface area contributed by atoms with Gasteiger partial charge in [-0.15, -0.1) is 0 Å². The molecule has 0 atom stereocenters. The number of hydrogen-bond acceptors (Lipinski definition) is 2. The number of nitrogens with zero attached hydrogens (tertiary/aromatic N) is 2. The summed E-state index contributed by atoms with van der Waals surface area (Å²) >= 11 is 6.10. The Morgan fingerprint density at radius 1 is 1.29 bits per heavy atom. The van der Waals surface area contributed by atoms with E-state index >= 15 is 0 Å². The van der Waals surface area contributed by atoms with E-state index in [4.69, 9.17) is 11.6 Å². The van der Waals surface area contributed by atoms with Crippen molar-refractivity contribution >= 4 is 11.6 Å². The molecule has 0 spiro atoms. The van der Waals surface area contributed by atoms with Gasteiger partial charge in [-0.05, 0) is 45.7 Å². The van der Waals surface area contributed by atoms with Gasteiger partial charge in [-0.25, -0.2) is 0 Å². The van der Waals surface area contributed by atoms with Gasteiger partial charge in [0.2, 0.25) is 0 Å². The second-order valence-electron chi connectivity index (χ2n) is 5.01. The molecule has 1 rings (SSSR count). The Hall–Kier alpha value is -0.540. The van der Waals surface area contributed by atoms with Crippen LogP contribution in [0.15, 0.2) is 0 Å². The Kier molecular flexibility index (Phi) is 6.00. The zero-order valence-electron chi connectivity index (χ0n) is 11.4. The van der Waals surface area contributed by atoms with Gasteiger partial charge < -0.3 is 5.32 Å². The standard InChI is InChI=1S/C13H24ClN3/c1-10(2)9-15-7-5-6-8-17-12(4)13(14)11(3)16-17/h10,15H,5-9H2,1-4H3. The van der Waals surface area contributed by atoms with Crippen LogP contribution in [0.2, 0.25) is 5.02 Å². The van der Waals surface area contributed by atoms with Crippen LogP contribution in [-0.2, 0) is 6.54 Å². The lowest BCUT2D eigenvalue weighted by Crippen LogP contribution is -2.21. The molecule has 1 N–H and O–H groups in total. The molecule has 0 aromatic carbocycles. The zero-order chi connectivity index (χ0) is 12.8. The van der Waals surface area contributed by atoms with Crippen LogP contribution >= 0.6 is 11.6 Å². The Morgan fingerprint density at radius 3 is 2.53 bits per heavy atom. The molecule has 0 bridgehead atoms. The second-order valence-corrected chi connectivity index (χ2v) is 5.39. The molecular formula is C13H24ClN3. The van der Waals surface area contributed by atoms with Crippen LogP contribution in [-0.4, -0.2) is 22.9 Å². The number of aromatic nitrogens is 2. The van der Waals surface area contributed by atoms with Crippen LogP contribution in [0, 0.1) is 19.8 Å². The molecule has 1 aromatic rings. The smallest absolute Gasteiger partial charge is 0.0844 e. The Balaban J connectivity index is 2.20. The summed E-state index contributed by atoms with van der Waals surface area (Å²) in [7, 11) is 0. The molecular weight excluding hydrogens is 234 g/mol. The van der Waals surface area contributed by atoms with Gasteiger partial charge in [0.25, 0.3) is 0 Å². The molecule has 0 aliphatic rings. The normalized spacial score (nSPS) is 11.4. The van der Waals surface area contributed by atoms with Gasteiger partial charge in [0.1, 0.15) is 0 Å². The zero-order valence-corrected chi connectivity index (χ0v) is 12.1. The fourth-order valence-corrected chi connectivity index (χ4v) is 1.93. The maximum atomic E-state index is 6.10. The summed E-state index contributed by atoms with van der Waals surface area (Å²) in [6.45, 7) is 11.6. The van der Waals surface area contributed by atoms with E-state index in [1.165, 1.54) is 6.42 Å². The summed E-state index contributed by atoms with van der Waals surface area (Å²) in [5.41, 5.74) is 2.02. The first kappa shape index (κ1) is 14.5. The van der Waals surface area contributed by atoms with E-state index in [2.05, 4.69) is 24.3 Å². The summed E-state index contributed by atoms with van der Waals surface area (Å²) in [6, 6.07) is 0. The van der Waals surface area contributed by atoms with Crippen molar-refractivity contribution in [3.8, 4) is 0 Å². The molecule has 1 heterocycles. The first-order valence-electron chi connectivity index (χ1n) is 6.42. The first-order valence-corrected chi connectivity index (χ1v) is 6.80. The van der Waals surface area contributed by atoms with E-state index in [1.54, 1.807) is 0 Å². The molecule has 4 heteroatoms. The quantitative estimate of drug-likeness (QED) is 0.761. The van der Waals surface area contributed by atoms with Gasteiger partial charge >= 0.3 is 0 Å². The fraction of sp³-hybridized carbons (Fsp3) is 0.769. The number of hydrogen-bond donors (Lipinski definition) is 1. The monoisotopic (exact) mass is 257 g/mol. The molecule has 0 saturated carbocycles.